The molecule has 0 aliphatic rings. The van der Waals surface area contributed by atoms with Gasteiger partial charge in [-0.25, -0.2) is 14.4 Å². The average molecular weight is 1070 g/mol. The van der Waals surface area contributed by atoms with E-state index in [9.17, 15) is 40.3 Å². The van der Waals surface area contributed by atoms with Gasteiger partial charge in [0.15, 0.2) is 0 Å². The van der Waals surface area contributed by atoms with Crippen LogP contribution in [0.15, 0.2) is 158 Å². The number of nitrogens with zero attached hydrogens (tertiary/aromatic N) is 4. The van der Waals surface area contributed by atoms with Crippen molar-refractivity contribution < 1.29 is 64.7 Å². The average Bonchev–Trinajstić information content (AvgIpc) is 3.40. The van der Waals surface area contributed by atoms with Crippen molar-refractivity contribution in [3.8, 4) is 62.3 Å². The Morgan fingerprint density at radius 2 is 0.883 bits per heavy atom. The molecule has 15 nitrogen and oxygen atoms in total. The molecule has 2 aromatic heterocycles. The summed E-state index contributed by atoms with van der Waals surface area (Å²) in [5, 5.41) is 17.9. The van der Waals surface area contributed by atoms with Gasteiger partial charge in [0.05, 0.1) is 18.5 Å². The zero-order valence-corrected chi connectivity index (χ0v) is 40.4. The Morgan fingerprint density at radius 3 is 1.25 bits per heavy atom. The lowest BCUT2D eigenvalue weighted by molar-refractivity contribution is -0.199. The molecular formula is C55H47F7N8O7. The lowest BCUT2D eigenvalue weighted by atomic mass is 10.0. The van der Waals surface area contributed by atoms with Crippen LogP contribution in [0.1, 0.15) is 34.5 Å². The zero-order chi connectivity index (χ0) is 55.6. The molecule has 0 aliphatic carbocycles. The van der Waals surface area contributed by atoms with Gasteiger partial charge in [-0.2, -0.15) is 36.3 Å². The van der Waals surface area contributed by atoms with Crippen LogP contribution in [0.25, 0.3) is 44.8 Å². The second-order valence-electron chi connectivity index (χ2n) is 17.2. The number of benzene rings is 6. The third kappa shape index (κ3) is 15.0. The first-order valence-corrected chi connectivity index (χ1v) is 23.0. The molecule has 0 bridgehead atoms. The van der Waals surface area contributed by atoms with E-state index in [2.05, 4.69) is 19.9 Å². The number of carboxylic acids is 2. The molecule has 0 aliphatic heterocycles. The molecule has 77 heavy (non-hydrogen) atoms. The summed E-state index contributed by atoms with van der Waals surface area (Å²) in [7, 11) is 1.53. The van der Waals surface area contributed by atoms with Gasteiger partial charge in [-0.15, -0.1) is 0 Å². The SMILES string of the molecule is COc1cccc(-c2ccc([C@@H](Oc3cc(-c4ccc(CC(N)C(=O)O)cc4)nc(N)n3)C(F)(F)F)cc2)c1.Nc1nc(O[C@H](c2ccc(-c3cccc(F)c3)cc2)C(F)(F)F)cc(-c2ccc(CC(N)C(=O)O)cc2)n1. The van der Waals surface area contributed by atoms with Crippen molar-refractivity contribution in [1.29, 1.82) is 0 Å². The standard InChI is InChI=1S/C28H25F3N4O4.C27H22F4N4O3/c1-38-21-4-2-3-20(14-21)17-9-11-19(12-10-17)25(28(29,30)31)39-24-15-23(34-27(33)35-24)18-7-5-16(6-8-18)13-22(32)26(36)37;28-20-3-1-2-19(13-20)16-8-10-18(11-9-16)24(27(29,30)31)38-23-14-22(34-26(33)35-23)17-6-4-15(5-7-17)12-21(32)25(36)37/h2-12,14-15,22,25H,13,32H2,1H3,(H,36,37)(H2,33,34,35);1-11,13-14,21,24H,12,32H2,(H,36,37)(H2,33,34,35)/t22?,25-;21?,24-/m11/s1. The third-order valence-corrected chi connectivity index (χ3v) is 11.5. The van der Waals surface area contributed by atoms with Crippen LogP contribution >= 0.6 is 0 Å². The zero-order valence-electron chi connectivity index (χ0n) is 40.4. The number of carboxylic acid groups (broad SMARTS) is 2. The molecule has 0 radical (unpaired) electrons. The second kappa shape index (κ2) is 24.0. The van der Waals surface area contributed by atoms with Gasteiger partial charge in [0.2, 0.25) is 35.9 Å². The van der Waals surface area contributed by atoms with E-state index in [1.165, 1.54) is 73.8 Å². The van der Waals surface area contributed by atoms with Crippen molar-refractivity contribution in [2.75, 3.05) is 18.6 Å². The minimum absolute atomic E-state index is 0.0984. The molecule has 0 saturated carbocycles. The molecule has 8 aromatic rings. The Morgan fingerprint density at radius 1 is 0.506 bits per heavy atom. The predicted octanol–water partition coefficient (Wildman–Crippen LogP) is 10.2. The highest BCUT2D eigenvalue weighted by molar-refractivity contribution is 5.74. The molecule has 22 heteroatoms. The Bertz CT molecular complexity index is 3320. The number of methoxy groups -OCH3 is 1. The molecule has 398 valence electrons. The van der Waals surface area contributed by atoms with Gasteiger partial charge in [-0.05, 0) is 70.5 Å². The van der Waals surface area contributed by atoms with E-state index in [1.807, 2.05) is 6.07 Å². The van der Waals surface area contributed by atoms with Crippen LogP contribution in [0.4, 0.5) is 42.6 Å². The molecular weight excluding hydrogens is 1020 g/mol. The Kier molecular flexibility index (Phi) is 17.3. The molecule has 6 aromatic carbocycles. The molecule has 8 rings (SSSR count). The Hall–Kier alpha value is -9.15. The second-order valence-corrected chi connectivity index (χ2v) is 17.2. The monoisotopic (exact) mass is 1060 g/mol. The lowest BCUT2D eigenvalue weighted by Crippen LogP contribution is -2.32. The van der Waals surface area contributed by atoms with Crippen LogP contribution in [0.5, 0.6) is 17.5 Å². The topological polar surface area (TPSA) is 258 Å². The number of ether oxygens (including phenoxy) is 3. The van der Waals surface area contributed by atoms with Crippen LogP contribution < -0.4 is 37.1 Å². The maximum absolute atomic E-state index is 14.1. The summed E-state index contributed by atoms with van der Waals surface area (Å²) in [6.07, 6.45) is -14.0. The number of aromatic nitrogens is 4. The highest BCUT2D eigenvalue weighted by Crippen LogP contribution is 2.40. The number of carbonyl (C=O) groups is 2. The van der Waals surface area contributed by atoms with Crippen LogP contribution in [-0.4, -0.2) is 73.6 Å². The first kappa shape index (κ1) is 55.6. The fourth-order valence-electron chi connectivity index (χ4n) is 7.67. The van der Waals surface area contributed by atoms with Crippen molar-refractivity contribution >= 4 is 23.8 Å². The van der Waals surface area contributed by atoms with E-state index in [0.29, 0.717) is 44.7 Å². The predicted molar refractivity (Wildman–Crippen MR) is 272 cm³/mol. The van der Waals surface area contributed by atoms with E-state index in [4.69, 9.17) is 47.4 Å². The van der Waals surface area contributed by atoms with Crippen molar-refractivity contribution in [2.45, 2.75) is 49.5 Å². The van der Waals surface area contributed by atoms with Gasteiger partial charge in [0.25, 0.3) is 0 Å². The minimum atomic E-state index is -4.79. The van der Waals surface area contributed by atoms with Crippen molar-refractivity contribution in [3.63, 3.8) is 0 Å². The summed E-state index contributed by atoms with van der Waals surface area (Å²) in [5.41, 5.74) is 27.7. The van der Waals surface area contributed by atoms with Gasteiger partial charge in [0.1, 0.15) is 23.7 Å². The molecule has 2 heterocycles. The van der Waals surface area contributed by atoms with E-state index in [0.717, 1.165) is 5.56 Å². The van der Waals surface area contributed by atoms with E-state index in [-0.39, 0.29) is 59.0 Å². The number of hydrogen-bond donors (Lipinski definition) is 6. The number of aliphatic carboxylic acids is 2. The number of hydrogen-bond acceptors (Lipinski definition) is 13. The number of nitrogens with two attached hydrogens (primary N) is 4. The highest BCUT2D eigenvalue weighted by atomic mass is 19.4. The molecule has 4 atom stereocenters. The summed E-state index contributed by atoms with van der Waals surface area (Å²) in [5.74, 6) is -3.40. The van der Waals surface area contributed by atoms with Crippen LogP contribution in [0.3, 0.4) is 0 Å². The highest BCUT2D eigenvalue weighted by Gasteiger charge is 2.44. The van der Waals surface area contributed by atoms with Gasteiger partial charge in [-0.3, -0.25) is 9.59 Å². The van der Waals surface area contributed by atoms with Gasteiger partial charge in [-0.1, -0.05) is 121 Å². The van der Waals surface area contributed by atoms with E-state index >= 15 is 0 Å². The van der Waals surface area contributed by atoms with Crippen molar-refractivity contribution in [3.05, 3.63) is 186 Å². The van der Waals surface area contributed by atoms with Crippen molar-refractivity contribution in [2.24, 2.45) is 11.5 Å². The lowest BCUT2D eigenvalue weighted by Gasteiger charge is -2.22. The van der Waals surface area contributed by atoms with Crippen LogP contribution in [0.2, 0.25) is 0 Å². The number of nitrogen functional groups attached to an aromatic ring is 2. The molecule has 0 fully saturated rings. The summed E-state index contributed by atoms with van der Waals surface area (Å²) < 4.78 is 114. The summed E-state index contributed by atoms with van der Waals surface area (Å²) in [4.78, 5) is 37.8. The number of anilines is 2. The fourth-order valence-corrected chi connectivity index (χ4v) is 7.67. The quantitative estimate of drug-likeness (QED) is 0.0464. The smallest absolute Gasteiger partial charge is 0.429 e. The first-order chi connectivity index (χ1) is 36.5. The summed E-state index contributed by atoms with van der Waals surface area (Å²) >= 11 is 0. The molecule has 0 saturated heterocycles. The molecule has 10 N–H and O–H groups in total. The Balaban J connectivity index is 0.000000224. The van der Waals surface area contributed by atoms with Crippen molar-refractivity contribution in [1.82, 2.24) is 19.9 Å². The number of alkyl halides is 6. The van der Waals surface area contributed by atoms with E-state index in [1.54, 1.807) is 84.9 Å². The van der Waals surface area contributed by atoms with Gasteiger partial charge >= 0.3 is 24.3 Å². The summed E-state index contributed by atoms with van der Waals surface area (Å²) in [6.45, 7) is 0. The number of halogens is 7. The molecule has 2 unspecified atom stereocenters. The maximum atomic E-state index is 14.1. The molecule has 0 amide bonds. The largest absolute Gasteiger partial charge is 0.497 e. The minimum Gasteiger partial charge on any atom is -0.497 e. The third-order valence-electron chi connectivity index (χ3n) is 11.5. The van der Waals surface area contributed by atoms with Crippen LogP contribution in [0, 0.1) is 5.82 Å². The fraction of sp³-hybridized carbons (Fsp3) is 0.164. The summed E-state index contributed by atoms with van der Waals surface area (Å²) in [6, 6.07) is 37.6. The van der Waals surface area contributed by atoms with Crippen LogP contribution in [-0.2, 0) is 22.4 Å². The first-order valence-electron chi connectivity index (χ1n) is 23.0. The Labute approximate surface area is 435 Å². The van der Waals surface area contributed by atoms with Gasteiger partial charge in [0, 0.05) is 34.4 Å². The van der Waals surface area contributed by atoms with Gasteiger partial charge < -0.3 is 47.4 Å². The van der Waals surface area contributed by atoms with E-state index < -0.39 is 54.4 Å². The number of rotatable bonds is 17. The normalized spacial score (nSPS) is 13.0. The molecule has 0 spiro atoms. The maximum Gasteiger partial charge on any atom is 0.429 e.